The van der Waals surface area contributed by atoms with Crippen LogP contribution in [0.2, 0.25) is 0 Å². The summed E-state index contributed by atoms with van der Waals surface area (Å²) in [5.41, 5.74) is 0. The van der Waals surface area contributed by atoms with E-state index >= 15 is 0 Å². The third-order valence-corrected chi connectivity index (χ3v) is 2.54. The van der Waals surface area contributed by atoms with Crippen molar-refractivity contribution in [2.24, 2.45) is 0 Å². The molecule has 0 unspecified atom stereocenters. The van der Waals surface area contributed by atoms with Crippen LogP contribution in [0.1, 0.15) is 0 Å². The Morgan fingerprint density at radius 3 is 2.53 bits per heavy atom. The van der Waals surface area contributed by atoms with E-state index in [9.17, 15) is 0 Å². The zero-order valence-electron chi connectivity index (χ0n) is 7.98. The molecule has 2 aromatic heterocycles. The maximum Gasteiger partial charge on any atom is 0.199 e. The topological polar surface area (TPSA) is 63.6 Å². The van der Waals surface area contributed by atoms with E-state index in [1.165, 1.54) is 0 Å². The zero-order valence-corrected chi connectivity index (χ0v) is 10.1. The molecule has 0 saturated heterocycles. The minimum atomic E-state index is 0.528. The van der Waals surface area contributed by atoms with Gasteiger partial charge in [-0.05, 0) is 28.7 Å². The summed E-state index contributed by atoms with van der Waals surface area (Å²) < 4.78 is 0.967. The summed E-state index contributed by atoms with van der Waals surface area (Å²) in [6.07, 6.45) is 5.08. The Balaban J connectivity index is 2.46. The normalized spacial score (nSPS) is 10.0. The summed E-state index contributed by atoms with van der Waals surface area (Å²) in [7, 11) is 1.82. The second kappa shape index (κ2) is 4.47. The standard InChI is InChI=1S/C9H8IN5/c1-11-7-6(10)5-14-9(15-7)8-12-3-2-4-13-8/h2-5H,1H3,(H,11,14,15). The summed E-state index contributed by atoms with van der Waals surface area (Å²) in [6, 6.07) is 1.76. The quantitative estimate of drug-likeness (QED) is 0.853. The van der Waals surface area contributed by atoms with Gasteiger partial charge in [-0.1, -0.05) is 0 Å². The van der Waals surface area contributed by atoms with Crippen molar-refractivity contribution in [1.29, 1.82) is 0 Å². The molecule has 0 bridgehead atoms. The molecule has 0 amide bonds. The molecule has 0 aliphatic carbocycles. The van der Waals surface area contributed by atoms with Crippen molar-refractivity contribution in [3.63, 3.8) is 0 Å². The van der Waals surface area contributed by atoms with E-state index in [1.807, 2.05) is 7.05 Å². The number of aromatic nitrogens is 4. The van der Waals surface area contributed by atoms with Crippen molar-refractivity contribution in [2.45, 2.75) is 0 Å². The molecule has 1 N–H and O–H groups in total. The Morgan fingerprint density at radius 2 is 1.87 bits per heavy atom. The Morgan fingerprint density at radius 1 is 1.13 bits per heavy atom. The van der Waals surface area contributed by atoms with Crippen LogP contribution in [0, 0.1) is 3.57 Å². The van der Waals surface area contributed by atoms with Gasteiger partial charge in [-0.2, -0.15) is 0 Å². The third-order valence-electron chi connectivity index (χ3n) is 1.75. The molecule has 2 rings (SSSR count). The average molecular weight is 313 g/mol. The van der Waals surface area contributed by atoms with Crippen molar-refractivity contribution < 1.29 is 0 Å². The van der Waals surface area contributed by atoms with Crippen LogP contribution >= 0.6 is 22.6 Å². The largest absolute Gasteiger partial charge is 0.372 e. The molecule has 2 aromatic rings. The minimum absolute atomic E-state index is 0.528. The zero-order chi connectivity index (χ0) is 10.7. The maximum atomic E-state index is 4.31. The molecule has 5 nitrogen and oxygen atoms in total. The molecule has 0 saturated carbocycles. The molecule has 6 heteroatoms. The highest BCUT2D eigenvalue weighted by molar-refractivity contribution is 14.1. The molecule has 0 spiro atoms. The lowest BCUT2D eigenvalue weighted by Crippen LogP contribution is -2.01. The number of hydrogen-bond acceptors (Lipinski definition) is 5. The van der Waals surface area contributed by atoms with Crippen LogP contribution in [0.3, 0.4) is 0 Å². The van der Waals surface area contributed by atoms with Crippen LogP contribution in [0.4, 0.5) is 5.82 Å². The fourth-order valence-corrected chi connectivity index (χ4v) is 1.59. The second-order valence-corrected chi connectivity index (χ2v) is 3.87. The van der Waals surface area contributed by atoms with E-state index in [-0.39, 0.29) is 0 Å². The Kier molecular flexibility index (Phi) is 3.05. The second-order valence-electron chi connectivity index (χ2n) is 2.71. The maximum absolute atomic E-state index is 4.31. The van der Waals surface area contributed by atoms with Gasteiger partial charge in [0.1, 0.15) is 5.82 Å². The smallest absolute Gasteiger partial charge is 0.199 e. The van der Waals surface area contributed by atoms with Gasteiger partial charge < -0.3 is 5.32 Å². The first-order chi connectivity index (χ1) is 7.31. The summed E-state index contributed by atoms with van der Waals surface area (Å²) in [4.78, 5) is 16.7. The van der Waals surface area contributed by atoms with E-state index in [2.05, 4.69) is 47.8 Å². The lowest BCUT2D eigenvalue weighted by Gasteiger charge is -2.03. The lowest BCUT2D eigenvalue weighted by atomic mass is 10.5. The fraction of sp³-hybridized carbons (Fsp3) is 0.111. The number of halogens is 1. The third kappa shape index (κ3) is 2.20. The highest BCUT2D eigenvalue weighted by atomic mass is 127. The van der Waals surface area contributed by atoms with E-state index in [1.54, 1.807) is 24.7 Å². The van der Waals surface area contributed by atoms with Gasteiger partial charge in [0.15, 0.2) is 11.6 Å². The first-order valence-electron chi connectivity index (χ1n) is 4.29. The van der Waals surface area contributed by atoms with Crippen LogP contribution < -0.4 is 5.32 Å². The number of nitrogens with zero attached hydrogens (tertiary/aromatic N) is 4. The molecule has 0 aromatic carbocycles. The van der Waals surface area contributed by atoms with Crippen LogP contribution in [-0.2, 0) is 0 Å². The van der Waals surface area contributed by atoms with E-state index in [4.69, 9.17) is 0 Å². The van der Waals surface area contributed by atoms with Crippen LogP contribution in [0.15, 0.2) is 24.7 Å². The van der Waals surface area contributed by atoms with Gasteiger partial charge >= 0.3 is 0 Å². The first kappa shape index (κ1) is 10.2. The lowest BCUT2D eigenvalue weighted by molar-refractivity contribution is 1.07. The van der Waals surface area contributed by atoms with Crippen molar-refractivity contribution in [3.05, 3.63) is 28.2 Å². The van der Waals surface area contributed by atoms with E-state index < -0.39 is 0 Å². The molecule has 0 fully saturated rings. The SMILES string of the molecule is CNc1nc(-c2ncccn2)ncc1I. The van der Waals surface area contributed by atoms with Gasteiger partial charge in [-0.15, -0.1) is 0 Å². The van der Waals surface area contributed by atoms with Crippen LogP contribution in [0.25, 0.3) is 11.6 Å². The van der Waals surface area contributed by atoms with E-state index in [0.717, 1.165) is 9.39 Å². The molecule has 0 atom stereocenters. The molecular formula is C9H8IN5. The van der Waals surface area contributed by atoms with Crippen LogP contribution in [-0.4, -0.2) is 27.0 Å². The van der Waals surface area contributed by atoms with Crippen molar-refractivity contribution in [3.8, 4) is 11.6 Å². The molecule has 2 heterocycles. The van der Waals surface area contributed by atoms with Crippen molar-refractivity contribution >= 4 is 28.4 Å². The summed E-state index contributed by atoms with van der Waals surface area (Å²) in [5, 5.41) is 2.99. The molecule has 0 aliphatic rings. The Hall–Kier alpha value is -1.31. The van der Waals surface area contributed by atoms with Gasteiger partial charge in [0.05, 0.1) is 3.57 Å². The van der Waals surface area contributed by atoms with Gasteiger partial charge in [0, 0.05) is 25.6 Å². The molecule has 0 radical (unpaired) electrons. The predicted molar refractivity (Wildman–Crippen MR) is 65.3 cm³/mol. The molecule has 15 heavy (non-hydrogen) atoms. The average Bonchev–Trinajstić information content (AvgIpc) is 2.31. The number of hydrogen-bond donors (Lipinski definition) is 1. The highest BCUT2D eigenvalue weighted by Gasteiger charge is 2.06. The molecule has 0 aliphatic heterocycles. The predicted octanol–water partition coefficient (Wildman–Crippen LogP) is 1.58. The number of nitrogens with one attached hydrogen (secondary N) is 1. The molecule has 76 valence electrons. The van der Waals surface area contributed by atoms with Gasteiger partial charge in [-0.25, -0.2) is 19.9 Å². The van der Waals surface area contributed by atoms with Crippen LogP contribution in [0.5, 0.6) is 0 Å². The minimum Gasteiger partial charge on any atom is -0.372 e. The number of anilines is 1. The van der Waals surface area contributed by atoms with Gasteiger partial charge in [-0.3, -0.25) is 0 Å². The summed E-state index contributed by atoms with van der Waals surface area (Å²) in [6.45, 7) is 0. The van der Waals surface area contributed by atoms with Gasteiger partial charge in [0.25, 0.3) is 0 Å². The fourth-order valence-electron chi connectivity index (χ4n) is 1.06. The monoisotopic (exact) mass is 313 g/mol. The summed E-state index contributed by atoms with van der Waals surface area (Å²) >= 11 is 2.17. The Bertz CT molecular complexity index is 459. The Labute approximate surface area is 101 Å². The number of rotatable bonds is 2. The van der Waals surface area contributed by atoms with Gasteiger partial charge in [0.2, 0.25) is 0 Å². The van der Waals surface area contributed by atoms with E-state index in [0.29, 0.717) is 11.6 Å². The highest BCUT2D eigenvalue weighted by Crippen LogP contribution is 2.16. The first-order valence-corrected chi connectivity index (χ1v) is 5.37. The summed E-state index contributed by atoms with van der Waals surface area (Å²) in [5.74, 6) is 1.85. The van der Waals surface area contributed by atoms with Crippen molar-refractivity contribution in [1.82, 2.24) is 19.9 Å². The molecular weight excluding hydrogens is 305 g/mol. The van der Waals surface area contributed by atoms with Crippen molar-refractivity contribution in [2.75, 3.05) is 12.4 Å².